The van der Waals surface area contributed by atoms with Crippen molar-refractivity contribution in [1.29, 1.82) is 0 Å². The van der Waals surface area contributed by atoms with Crippen LogP contribution >= 0.6 is 0 Å². The van der Waals surface area contributed by atoms with E-state index in [1.54, 1.807) is 30.3 Å². The maximum Gasteiger partial charge on any atom is 0.416 e. The van der Waals surface area contributed by atoms with Crippen molar-refractivity contribution in [3.63, 3.8) is 0 Å². The summed E-state index contributed by atoms with van der Waals surface area (Å²) in [5, 5.41) is 11.1. The summed E-state index contributed by atoms with van der Waals surface area (Å²) in [5.74, 6) is -0.635. The van der Waals surface area contributed by atoms with Crippen LogP contribution < -0.4 is 0 Å². The lowest BCUT2D eigenvalue weighted by Gasteiger charge is -2.39. The summed E-state index contributed by atoms with van der Waals surface area (Å²) in [6, 6.07) is 17.6. The van der Waals surface area contributed by atoms with Crippen LogP contribution in [-0.2, 0) is 11.8 Å². The second-order valence-electron chi connectivity index (χ2n) is 9.25. The summed E-state index contributed by atoms with van der Waals surface area (Å²) < 4.78 is 66.1. The third kappa shape index (κ3) is 6.27. The number of hydrogen-bond acceptors (Lipinski definition) is 2. The van der Waals surface area contributed by atoms with Crippen molar-refractivity contribution < 1.29 is 27.1 Å². The predicted octanol–water partition coefficient (Wildman–Crippen LogP) is 6.88. The maximum absolute atomic E-state index is 13.4. The van der Waals surface area contributed by atoms with Crippen LogP contribution in [-0.4, -0.2) is 29.6 Å². The molecule has 186 valence electrons. The highest BCUT2D eigenvalue weighted by atomic mass is 19.4. The van der Waals surface area contributed by atoms with Gasteiger partial charge in [-0.3, -0.25) is 0 Å². The Morgan fingerprint density at radius 2 is 1.37 bits per heavy atom. The Morgan fingerprint density at radius 3 is 1.89 bits per heavy atom. The van der Waals surface area contributed by atoms with E-state index >= 15 is 0 Å². The maximum atomic E-state index is 13.4. The molecule has 7 heteroatoms. The quantitative estimate of drug-likeness (QED) is 0.366. The van der Waals surface area contributed by atoms with Crippen molar-refractivity contribution in [1.82, 2.24) is 4.90 Å². The van der Waals surface area contributed by atoms with Gasteiger partial charge in [0.15, 0.2) is 0 Å². The third-order valence-electron chi connectivity index (χ3n) is 6.92. The Bertz CT molecular complexity index is 1060. The number of hydrogen-bond donors (Lipinski definition) is 1. The molecule has 2 nitrogen and oxygen atoms in total. The van der Waals surface area contributed by atoms with Crippen molar-refractivity contribution in [3.8, 4) is 0 Å². The first kappa shape index (κ1) is 25.3. The number of alkyl halides is 3. The van der Waals surface area contributed by atoms with Crippen LogP contribution in [0.5, 0.6) is 0 Å². The highest BCUT2D eigenvalue weighted by molar-refractivity contribution is 5.33. The zero-order valence-electron chi connectivity index (χ0n) is 19.2. The van der Waals surface area contributed by atoms with Gasteiger partial charge in [0.25, 0.3) is 0 Å². The minimum absolute atomic E-state index is 0.0111. The molecule has 1 heterocycles. The summed E-state index contributed by atoms with van der Waals surface area (Å²) >= 11 is 0. The van der Waals surface area contributed by atoms with Gasteiger partial charge in [-0.05, 0) is 85.3 Å². The lowest BCUT2D eigenvalue weighted by atomic mass is 9.83. The molecule has 1 aliphatic heterocycles. The number of piperidine rings is 1. The molecule has 1 fully saturated rings. The van der Waals surface area contributed by atoms with E-state index in [2.05, 4.69) is 4.90 Å². The molecular weight excluding hydrogens is 461 g/mol. The third-order valence-corrected chi connectivity index (χ3v) is 6.92. The van der Waals surface area contributed by atoms with Gasteiger partial charge >= 0.3 is 6.18 Å². The summed E-state index contributed by atoms with van der Waals surface area (Å²) in [6.07, 6.45) is -2.15. The van der Waals surface area contributed by atoms with Gasteiger partial charge < -0.3 is 10.0 Å². The van der Waals surface area contributed by atoms with Crippen LogP contribution in [0.2, 0.25) is 0 Å². The monoisotopic (exact) mass is 489 g/mol. The van der Waals surface area contributed by atoms with Gasteiger partial charge in [0.1, 0.15) is 11.6 Å². The topological polar surface area (TPSA) is 23.5 Å². The number of halogens is 5. The number of likely N-dealkylation sites (tertiary alicyclic amines) is 1. The van der Waals surface area contributed by atoms with E-state index < -0.39 is 17.3 Å². The molecule has 3 aromatic rings. The van der Waals surface area contributed by atoms with Gasteiger partial charge in [-0.1, -0.05) is 36.4 Å². The molecule has 0 amide bonds. The minimum atomic E-state index is -4.45. The number of rotatable bonds is 7. The van der Waals surface area contributed by atoms with Gasteiger partial charge in [0.05, 0.1) is 11.2 Å². The van der Waals surface area contributed by atoms with Crippen LogP contribution in [0.3, 0.4) is 0 Å². The van der Waals surface area contributed by atoms with Crippen molar-refractivity contribution in [2.75, 3.05) is 19.6 Å². The Labute approximate surface area is 202 Å². The first-order valence-corrected chi connectivity index (χ1v) is 11.8. The highest BCUT2D eigenvalue weighted by Crippen LogP contribution is 2.37. The van der Waals surface area contributed by atoms with Gasteiger partial charge in [-0.15, -0.1) is 0 Å². The van der Waals surface area contributed by atoms with Gasteiger partial charge in [-0.25, -0.2) is 8.78 Å². The summed E-state index contributed by atoms with van der Waals surface area (Å²) in [6.45, 7) is 1.91. The summed E-state index contributed by atoms with van der Waals surface area (Å²) in [5.41, 5.74) is 0.187. The Hall–Kier alpha value is -2.77. The van der Waals surface area contributed by atoms with Crippen LogP contribution in [0.4, 0.5) is 22.0 Å². The zero-order valence-corrected chi connectivity index (χ0v) is 19.2. The smallest absolute Gasteiger partial charge is 0.385 e. The fourth-order valence-electron chi connectivity index (χ4n) is 4.86. The molecule has 0 unspecified atom stereocenters. The van der Waals surface area contributed by atoms with E-state index in [0.29, 0.717) is 31.5 Å². The SMILES string of the molecule is OC1(c2cccc(C(F)(F)F)c2)CCN(CCCC(c2ccc(F)cc2)c2ccc(F)cc2)CC1. The molecule has 0 spiro atoms. The van der Waals surface area contributed by atoms with Crippen LogP contribution in [0.1, 0.15) is 53.9 Å². The molecule has 4 rings (SSSR count). The summed E-state index contributed by atoms with van der Waals surface area (Å²) in [4.78, 5) is 2.20. The van der Waals surface area contributed by atoms with E-state index in [-0.39, 0.29) is 17.6 Å². The molecule has 0 radical (unpaired) electrons. The second-order valence-corrected chi connectivity index (χ2v) is 9.25. The molecule has 0 saturated carbocycles. The van der Waals surface area contributed by atoms with E-state index in [1.807, 2.05) is 0 Å². The fourth-order valence-corrected chi connectivity index (χ4v) is 4.86. The average Bonchev–Trinajstić information content (AvgIpc) is 2.84. The van der Waals surface area contributed by atoms with E-state index in [9.17, 15) is 27.1 Å². The zero-order chi connectivity index (χ0) is 25.1. The molecule has 1 saturated heterocycles. The van der Waals surface area contributed by atoms with Crippen molar-refractivity contribution in [2.45, 2.75) is 43.4 Å². The lowest BCUT2D eigenvalue weighted by Crippen LogP contribution is -2.43. The van der Waals surface area contributed by atoms with E-state index in [0.717, 1.165) is 42.6 Å². The molecule has 3 aromatic carbocycles. The van der Waals surface area contributed by atoms with Crippen LogP contribution in [0.25, 0.3) is 0 Å². The van der Waals surface area contributed by atoms with E-state index in [4.69, 9.17) is 0 Å². The fraction of sp³-hybridized carbons (Fsp3) is 0.357. The lowest BCUT2D eigenvalue weighted by molar-refractivity contribution is -0.137. The minimum Gasteiger partial charge on any atom is -0.385 e. The number of nitrogens with zero attached hydrogens (tertiary/aromatic N) is 1. The molecule has 0 aliphatic carbocycles. The second kappa shape index (κ2) is 10.5. The largest absolute Gasteiger partial charge is 0.416 e. The molecular formula is C28H28F5NO. The molecule has 1 N–H and O–H groups in total. The predicted molar refractivity (Wildman–Crippen MR) is 125 cm³/mol. The number of aliphatic hydroxyl groups is 1. The first-order chi connectivity index (χ1) is 16.6. The molecule has 1 aliphatic rings. The molecule has 0 aromatic heterocycles. The highest BCUT2D eigenvalue weighted by Gasteiger charge is 2.37. The van der Waals surface area contributed by atoms with Gasteiger partial charge in [-0.2, -0.15) is 13.2 Å². The van der Waals surface area contributed by atoms with Gasteiger partial charge in [0.2, 0.25) is 0 Å². The molecule has 0 atom stereocenters. The standard InChI is InChI=1S/C28H28F5NO/c29-24-10-6-20(7-11-24)26(21-8-12-25(30)13-9-21)5-2-16-34-17-14-27(35,15-18-34)22-3-1-4-23(19-22)28(31,32)33/h1,3-4,6-13,19,26,35H,2,5,14-18H2. The Kier molecular flexibility index (Phi) is 7.57. The molecule has 0 bridgehead atoms. The first-order valence-electron chi connectivity index (χ1n) is 11.8. The van der Waals surface area contributed by atoms with Gasteiger partial charge in [0, 0.05) is 19.0 Å². The van der Waals surface area contributed by atoms with E-state index in [1.165, 1.54) is 30.3 Å². The van der Waals surface area contributed by atoms with Crippen molar-refractivity contribution in [3.05, 3.63) is 107 Å². The van der Waals surface area contributed by atoms with Crippen molar-refractivity contribution in [2.24, 2.45) is 0 Å². The Balaban J connectivity index is 1.36. The Morgan fingerprint density at radius 1 is 0.829 bits per heavy atom. The summed E-state index contributed by atoms with van der Waals surface area (Å²) in [7, 11) is 0. The van der Waals surface area contributed by atoms with Crippen molar-refractivity contribution >= 4 is 0 Å². The van der Waals surface area contributed by atoms with Crippen LogP contribution in [0, 0.1) is 11.6 Å². The average molecular weight is 490 g/mol. The number of benzene rings is 3. The molecule has 35 heavy (non-hydrogen) atoms. The normalized spacial score (nSPS) is 16.5. The van der Waals surface area contributed by atoms with Crippen LogP contribution in [0.15, 0.2) is 72.8 Å².